The van der Waals surface area contributed by atoms with E-state index in [-0.39, 0.29) is 11.8 Å². The quantitative estimate of drug-likeness (QED) is 0.345. The molecule has 1 rings (SSSR count). The molecule has 0 aliphatic carbocycles. The lowest BCUT2D eigenvalue weighted by Gasteiger charge is -2.14. The lowest BCUT2D eigenvalue weighted by Crippen LogP contribution is -2.39. The van der Waals surface area contributed by atoms with Gasteiger partial charge in [0, 0.05) is 6.04 Å². The summed E-state index contributed by atoms with van der Waals surface area (Å²) in [5.74, 6) is -3.39. The fourth-order valence-electron chi connectivity index (χ4n) is 1.28. The van der Waals surface area contributed by atoms with Crippen LogP contribution in [0.5, 0.6) is 5.75 Å². The summed E-state index contributed by atoms with van der Waals surface area (Å²) in [6.07, 6.45) is -5.24. The molecule has 8 N–H and O–H groups in total. The number of nitrogens with two attached hydrogens (primary N) is 1. The van der Waals surface area contributed by atoms with Crippen LogP contribution in [0.4, 0.5) is 0 Å². The third kappa shape index (κ3) is 6.50. The van der Waals surface area contributed by atoms with Crippen LogP contribution in [0.1, 0.15) is 18.6 Å². The number of hydrogen-bond acceptors (Lipinski definition) is 7. The van der Waals surface area contributed by atoms with Gasteiger partial charge in [-0.2, -0.15) is 0 Å². The highest BCUT2D eigenvalue weighted by Gasteiger charge is 2.29. The van der Waals surface area contributed by atoms with Crippen LogP contribution in [0.15, 0.2) is 24.3 Å². The molecule has 0 saturated heterocycles. The van der Waals surface area contributed by atoms with Gasteiger partial charge in [-0.25, -0.2) is 9.59 Å². The summed E-state index contributed by atoms with van der Waals surface area (Å²) >= 11 is 0. The maximum absolute atomic E-state index is 9.77. The monoisotopic (exact) mass is 317 g/mol. The number of hydrogen-bond donors (Lipinski definition) is 7. The first-order chi connectivity index (χ1) is 10.1. The molecule has 124 valence electrons. The molecular formula is C13H19NO8. The minimum absolute atomic E-state index is 0.146. The standard InChI is InChI=1S/C9H13NO2.C4H6O6/c1-6(10)9(12)7-3-2-4-8(11)5-7;5-1(3(7)8)2(6)4(9)10/h2-6,9,11-12H,10H2,1H3;1-2,5-6H,(H,7,8)(H,9,10)/t6-,9-;1-,2-/m11/s1. The number of aliphatic hydroxyl groups is 3. The zero-order valence-electron chi connectivity index (χ0n) is 11.7. The van der Waals surface area contributed by atoms with Crippen LogP contribution in [-0.4, -0.2) is 60.8 Å². The van der Waals surface area contributed by atoms with E-state index < -0.39 is 30.3 Å². The summed E-state index contributed by atoms with van der Waals surface area (Å²) in [4.78, 5) is 19.5. The number of aromatic hydroxyl groups is 1. The van der Waals surface area contributed by atoms with Crippen LogP contribution in [0.3, 0.4) is 0 Å². The lowest BCUT2D eigenvalue weighted by molar-refractivity contribution is -0.165. The van der Waals surface area contributed by atoms with E-state index in [9.17, 15) is 14.7 Å². The van der Waals surface area contributed by atoms with E-state index >= 15 is 0 Å². The molecule has 22 heavy (non-hydrogen) atoms. The Hall–Kier alpha value is -2.20. The van der Waals surface area contributed by atoms with Crippen LogP contribution in [0.2, 0.25) is 0 Å². The Bertz CT molecular complexity index is 487. The Labute approximate surface area is 125 Å². The van der Waals surface area contributed by atoms with E-state index in [1.807, 2.05) is 0 Å². The number of rotatable bonds is 5. The van der Waals surface area contributed by atoms with E-state index in [1.54, 1.807) is 25.1 Å². The van der Waals surface area contributed by atoms with Crippen molar-refractivity contribution >= 4 is 11.9 Å². The normalized spacial score (nSPS) is 15.7. The first kappa shape index (κ1) is 19.8. The SMILES string of the molecule is C[C@@H](N)[C@@H](O)c1cccc(O)c1.O=C(O)[C@H](O)[C@@H](O)C(=O)O. The minimum atomic E-state index is -2.27. The highest BCUT2D eigenvalue weighted by molar-refractivity contribution is 5.83. The Morgan fingerprint density at radius 2 is 1.50 bits per heavy atom. The molecule has 9 heteroatoms. The molecule has 1 aromatic rings. The third-order valence-corrected chi connectivity index (χ3v) is 2.51. The van der Waals surface area contributed by atoms with Gasteiger partial charge >= 0.3 is 11.9 Å². The van der Waals surface area contributed by atoms with Crippen molar-refractivity contribution in [1.29, 1.82) is 0 Å². The molecule has 0 aromatic heterocycles. The lowest BCUT2D eigenvalue weighted by atomic mass is 10.0. The van der Waals surface area contributed by atoms with Gasteiger partial charge < -0.3 is 36.4 Å². The average molecular weight is 317 g/mol. The van der Waals surface area contributed by atoms with Gasteiger partial charge in [0.25, 0.3) is 0 Å². The Balaban J connectivity index is 0.000000409. The Kier molecular flexibility index (Phi) is 8.05. The van der Waals surface area contributed by atoms with Crippen molar-refractivity contribution in [3.05, 3.63) is 29.8 Å². The predicted molar refractivity (Wildman–Crippen MR) is 74.0 cm³/mol. The third-order valence-electron chi connectivity index (χ3n) is 2.51. The van der Waals surface area contributed by atoms with Crippen LogP contribution in [0, 0.1) is 0 Å². The zero-order chi connectivity index (χ0) is 17.4. The molecule has 1 aromatic carbocycles. The molecule has 4 atom stereocenters. The van der Waals surface area contributed by atoms with Crippen molar-refractivity contribution in [1.82, 2.24) is 0 Å². The number of phenols is 1. The highest BCUT2D eigenvalue weighted by Crippen LogP contribution is 2.19. The van der Waals surface area contributed by atoms with Crippen molar-refractivity contribution in [3.63, 3.8) is 0 Å². The van der Waals surface area contributed by atoms with Crippen molar-refractivity contribution in [2.45, 2.75) is 31.3 Å². The van der Waals surface area contributed by atoms with Gasteiger partial charge in [0.05, 0.1) is 6.10 Å². The number of carboxylic acid groups (broad SMARTS) is 2. The van der Waals surface area contributed by atoms with Crippen LogP contribution < -0.4 is 5.73 Å². The molecule has 0 fully saturated rings. The summed E-state index contributed by atoms with van der Waals surface area (Å²) in [6, 6.07) is 6.14. The number of aliphatic hydroxyl groups excluding tert-OH is 3. The molecule has 0 unspecified atom stereocenters. The van der Waals surface area contributed by atoms with Gasteiger partial charge in [0.15, 0.2) is 12.2 Å². The molecule has 0 heterocycles. The fraction of sp³-hybridized carbons (Fsp3) is 0.385. The maximum Gasteiger partial charge on any atom is 0.335 e. The molecule has 0 bridgehead atoms. The summed E-state index contributed by atoms with van der Waals surface area (Å²) in [6.45, 7) is 1.72. The van der Waals surface area contributed by atoms with Crippen LogP contribution in [0.25, 0.3) is 0 Å². The Morgan fingerprint density at radius 1 is 1.05 bits per heavy atom. The van der Waals surface area contributed by atoms with Gasteiger partial charge in [-0.1, -0.05) is 12.1 Å². The fourth-order valence-corrected chi connectivity index (χ4v) is 1.28. The van der Waals surface area contributed by atoms with Crippen LogP contribution >= 0.6 is 0 Å². The second-order valence-corrected chi connectivity index (χ2v) is 4.47. The average Bonchev–Trinajstić information content (AvgIpc) is 2.45. The van der Waals surface area contributed by atoms with E-state index in [0.717, 1.165) is 0 Å². The summed E-state index contributed by atoms with van der Waals surface area (Å²) in [5.41, 5.74) is 6.13. The van der Waals surface area contributed by atoms with E-state index in [1.165, 1.54) is 6.07 Å². The molecular weight excluding hydrogens is 298 g/mol. The van der Waals surface area contributed by atoms with Gasteiger partial charge in [-0.05, 0) is 24.6 Å². The zero-order valence-corrected chi connectivity index (χ0v) is 11.7. The smallest absolute Gasteiger partial charge is 0.335 e. The van der Waals surface area contributed by atoms with Gasteiger partial charge in [0.2, 0.25) is 0 Å². The number of benzene rings is 1. The van der Waals surface area contributed by atoms with Gasteiger partial charge in [-0.15, -0.1) is 0 Å². The van der Waals surface area contributed by atoms with Crippen molar-refractivity contribution in [2.24, 2.45) is 5.73 Å². The molecule has 0 spiro atoms. The second kappa shape index (κ2) is 8.95. The number of carbonyl (C=O) groups is 2. The molecule has 9 nitrogen and oxygen atoms in total. The van der Waals surface area contributed by atoms with Crippen molar-refractivity contribution < 1.29 is 40.2 Å². The van der Waals surface area contributed by atoms with Gasteiger partial charge in [0.1, 0.15) is 5.75 Å². The van der Waals surface area contributed by atoms with E-state index in [2.05, 4.69) is 0 Å². The molecule has 0 aliphatic heterocycles. The van der Waals surface area contributed by atoms with Crippen LogP contribution in [-0.2, 0) is 9.59 Å². The number of carboxylic acids is 2. The first-order valence-electron chi connectivity index (χ1n) is 6.12. The Morgan fingerprint density at radius 3 is 1.82 bits per heavy atom. The highest BCUT2D eigenvalue weighted by atomic mass is 16.4. The molecule has 0 radical (unpaired) electrons. The molecule has 0 aliphatic rings. The second-order valence-electron chi connectivity index (χ2n) is 4.47. The summed E-state index contributed by atoms with van der Waals surface area (Å²) < 4.78 is 0. The van der Waals surface area contributed by atoms with Crippen molar-refractivity contribution in [2.75, 3.05) is 0 Å². The summed E-state index contributed by atoms with van der Waals surface area (Å²) in [5, 5.41) is 51.1. The molecule has 0 saturated carbocycles. The maximum atomic E-state index is 9.77. The molecule has 0 amide bonds. The number of aliphatic carboxylic acids is 2. The van der Waals surface area contributed by atoms with E-state index in [4.69, 9.17) is 31.3 Å². The summed E-state index contributed by atoms with van der Waals surface area (Å²) in [7, 11) is 0. The largest absolute Gasteiger partial charge is 0.508 e. The minimum Gasteiger partial charge on any atom is -0.508 e. The topological polar surface area (TPSA) is 182 Å². The van der Waals surface area contributed by atoms with Gasteiger partial charge in [-0.3, -0.25) is 0 Å². The predicted octanol–water partition coefficient (Wildman–Crippen LogP) is -1.35. The van der Waals surface area contributed by atoms with E-state index in [0.29, 0.717) is 5.56 Å². The van der Waals surface area contributed by atoms with Crippen molar-refractivity contribution in [3.8, 4) is 5.75 Å². The first-order valence-corrected chi connectivity index (χ1v) is 6.12. The number of phenolic OH excluding ortho intramolecular Hbond substituents is 1.